The number of amides is 1. The summed E-state index contributed by atoms with van der Waals surface area (Å²) >= 11 is 0. The molecule has 2 heterocycles. The lowest BCUT2D eigenvalue weighted by molar-refractivity contribution is 0.0953. The Morgan fingerprint density at radius 2 is 2.09 bits per heavy atom. The van der Waals surface area contributed by atoms with Crippen molar-refractivity contribution >= 4 is 26.6 Å². The highest BCUT2D eigenvalue weighted by molar-refractivity contribution is 7.92. The monoisotopic (exact) mass is 318 g/mol. The summed E-state index contributed by atoms with van der Waals surface area (Å²) < 4.78 is 22.2. The van der Waals surface area contributed by atoms with E-state index in [2.05, 4.69) is 10.3 Å². The molecule has 2 aromatic rings. The van der Waals surface area contributed by atoms with Crippen molar-refractivity contribution in [1.82, 2.24) is 10.3 Å². The molecule has 6 heteroatoms. The molecule has 0 bridgehead atoms. The van der Waals surface area contributed by atoms with E-state index >= 15 is 0 Å². The van der Waals surface area contributed by atoms with Crippen molar-refractivity contribution in [2.75, 3.05) is 18.1 Å². The average molecular weight is 318 g/mol. The number of fused-ring (bicyclic) bond motifs is 1. The molecular formula is C16H18N2O3S. The van der Waals surface area contributed by atoms with Crippen LogP contribution < -0.4 is 5.32 Å². The highest BCUT2D eigenvalue weighted by atomic mass is 32.2. The number of carbonyl (C=O) groups excluding carboxylic acids is 1. The molecule has 22 heavy (non-hydrogen) atoms. The first-order chi connectivity index (χ1) is 10.5. The van der Waals surface area contributed by atoms with E-state index in [-0.39, 0.29) is 23.3 Å². The minimum atomic E-state index is -2.79. The molecule has 0 saturated carbocycles. The molecule has 1 saturated heterocycles. The third-order valence-corrected chi connectivity index (χ3v) is 6.01. The molecule has 5 nitrogen and oxygen atoms in total. The number of hydrogen-bond acceptors (Lipinski definition) is 4. The number of sulfone groups is 1. The Bertz CT molecular complexity index is 818. The smallest absolute Gasteiger partial charge is 0.253 e. The second kappa shape index (κ2) is 5.68. The molecule has 1 amide bonds. The normalized spacial score (nSPS) is 17.1. The first-order valence-electron chi connectivity index (χ1n) is 7.29. The van der Waals surface area contributed by atoms with Gasteiger partial charge in [-0.15, -0.1) is 0 Å². The molecular weight excluding hydrogens is 300 g/mol. The number of nitrogens with zero attached hydrogens (tertiary/aromatic N) is 1. The Hall–Kier alpha value is -1.95. The third kappa shape index (κ3) is 2.97. The highest BCUT2D eigenvalue weighted by Crippen LogP contribution is 2.22. The van der Waals surface area contributed by atoms with E-state index in [1.165, 1.54) is 0 Å². The second-order valence-electron chi connectivity index (χ2n) is 5.82. The van der Waals surface area contributed by atoms with Crippen LogP contribution in [0.15, 0.2) is 30.5 Å². The lowest BCUT2D eigenvalue weighted by atomic mass is 10.0. The summed E-state index contributed by atoms with van der Waals surface area (Å²) in [5, 5.41) is 3.84. The Morgan fingerprint density at radius 3 is 2.82 bits per heavy atom. The van der Waals surface area contributed by atoms with Crippen LogP contribution in [0.2, 0.25) is 0 Å². The van der Waals surface area contributed by atoms with Crippen molar-refractivity contribution in [2.45, 2.75) is 13.3 Å². The highest BCUT2D eigenvalue weighted by Gasteiger charge is 2.32. The van der Waals surface area contributed by atoms with Gasteiger partial charge in [0.2, 0.25) is 0 Å². The van der Waals surface area contributed by atoms with Gasteiger partial charge in [0.1, 0.15) is 0 Å². The van der Waals surface area contributed by atoms with Crippen LogP contribution in [0.4, 0.5) is 0 Å². The van der Waals surface area contributed by atoms with Crippen LogP contribution in [-0.4, -0.2) is 37.4 Å². The predicted molar refractivity (Wildman–Crippen MR) is 85.6 cm³/mol. The van der Waals surface area contributed by atoms with Gasteiger partial charge in [0.05, 0.1) is 22.6 Å². The van der Waals surface area contributed by atoms with E-state index in [9.17, 15) is 13.2 Å². The molecule has 3 rings (SSSR count). The van der Waals surface area contributed by atoms with Gasteiger partial charge in [-0.2, -0.15) is 0 Å². The maximum absolute atomic E-state index is 12.3. The van der Waals surface area contributed by atoms with E-state index in [0.29, 0.717) is 24.0 Å². The van der Waals surface area contributed by atoms with E-state index < -0.39 is 9.84 Å². The van der Waals surface area contributed by atoms with Crippen LogP contribution in [0.3, 0.4) is 0 Å². The number of carbonyl (C=O) groups is 1. The number of rotatable bonds is 4. The third-order valence-electron chi connectivity index (χ3n) is 4.05. The van der Waals surface area contributed by atoms with Gasteiger partial charge in [-0.1, -0.05) is 12.1 Å². The van der Waals surface area contributed by atoms with Crippen LogP contribution in [-0.2, 0) is 9.84 Å². The molecule has 1 aromatic heterocycles. The number of aromatic nitrogens is 1. The molecule has 0 radical (unpaired) electrons. The van der Waals surface area contributed by atoms with Gasteiger partial charge in [-0.25, -0.2) is 8.42 Å². The number of nitrogens with one attached hydrogen (secondary N) is 1. The van der Waals surface area contributed by atoms with Gasteiger partial charge in [0.15, 0.2) is 9.84 Å². The largest absolute Gasteiger partial charge is 0.352 e. The molecule has 1 aliphatic rings. The fourth-order valence-electron chi connectivity index (χ4n) is 2.82. The Kier molecular flexibility index (Phi) is 3.87. The molecule has 1 aromatic carbocycles. The van der Waals surface area contributed by atoms with Gasteiger partial charge in [0, 0.05) is 18.1 Å². The minimum Gasteiger partial charge on any atom is -0.352 e. The molecule has 0 atom stereocenters. The zero-order valence-corrected chi connectivity index (χ0v) is 13.2. The number of hydrogen-bond donors (Lipinski definition) is 1. The summed E-state index contributed by atoms with van der Waals surface area (Å²) in [6.45, 7) is 2.48. The van der Waals surface area contributed by atoms with E-state index in [4.69, 9.17) is 0 Å². The fourth-order valence-corrected chi connectivity index (χ4v) is 4.49. The molecule has 0 spiro atoms. The molecule has 0 aliphatic carbocycles. The maximum Gasteiger partial charge on any atom is 0.253 e. The molecule has 0 unspecified atom stereocenters. The van der Waals surface area contributed by atoms with Crippen LogP contribution in [0.25, 0.3) is 10.9 Å². The Balaban J connectivity index is 1.67. The second-order valence-corrected chi connectivity index (χ2v) is 7.97. The summed E-state index contributed by atoms with van der Waals surface area (Å²) in [6.07, 6.45) is 2.37. The van der Waals surface area contributed by atoms with Crippen molar-refractivity contribution in [3.8, 4) is 0 Å². The summed E-state index contributed by atoms with van der Waals surface area (Å²) in [5.74, 6) is 0.513. The maximum atomic E-state index is 12.3. The van der Waals surface area contributed by atoms with Crippen LogP contribution in [0.5, 0.6) is 0 Å². The number of pyridine rings is 1. The van der Waals surface area contributed by atoms with Gasteiger partial charge in [-0.05, 0) is 37.0 Å². The summed E-state index contributed by atoms with van der Waals surface area (Å²) in [7, 11) is -2.79. The zero-order chi connectivity index (χ0) is 15.7. The first kappa shape index (κ1) is 15.0. The van der Waals surface area contributed by atoms with Crippen molar-refractivity contribution in [3.63, 3.8) is 0 Å². The van der Waals surface area contributed by atoms with Gasteiger partial charge in [-0.3, -0.25) is 9.78 Å². The molecule has 116 valence electrons. The van der Waals surface area contributed by atoms with Gasteiger partial charge >= 0.3 is 0 Å². The fraction of sp³-hybridized carbons (Fsp3) is 0.375. The van der Waals surface area contributed by atoms with Crippen molar-refractivity contribution in [1.29, 1.82) is 0 Å². The number of aryl methyl sites for hydroxylation is 1. The summed E-state index contributed by atoms with van der Waals surface area (Å²) in [4.78, 5) is 16.6. The minimum absolute atomic E-state index is 0.161. The predicted octanol–water partition coefficient (Wildman–Crippen LogP) is 1.71. The van der Waals surface area contributed by atoms with Crippen molar-refractivity contribution in [2.24, 2.45) is 5.92 Å². The van der Waals surface area contributed by atoms with E-state index in [0.717, 1.165) is 10.9 Å². The Morgan fingerprint density at radius 1 is 1.32 bits per heavy atom. The summed E-state index contributed by atoms with van der Waals surface area (Å²) in [6, 6.07) is 7.51. The summed E-state index contributed by atoms with van der Waals surface area (Å²) in [5.41, 5.74) is 2.34. The lowest BCUT2D eigenvalue weighted by Gasteiger charge is -2.25. The molecule has 1 N–H and O–H groups in total. The topological polar surface area (TPSA) is 76.1 Å². The van der Waals surface area contributed by atoms with Crippen LogP contribution in [0, 0.1) is 12.8 Å². The van der Waals surface area contributed by atoms with Crippen molar-refractivity contribution in [3.05, 3.63) is 41.6 Å². The van der Waals surface area contributed by atoms with Gasteiger partial charge < -0.3 is 5.32 Å². The molecule has 1 aliphatic heterocycles. The average Bonchev–Trinajstić information content (AvgIpc) is 2.46. The first-order valence-corrected chi connectivity index (χ1v) is 9.11. The van der Waals surface area contributed by atoms with E-state index in [1.54, 1.807) is 12.3 Å². The Labute approximate surface area is 129 Å². The lowest BCUT2D eigenvalue weighted by Crippen LogP contribution is -2.38. The molecule has 1 fully saturated rings. The van der Waals surface area contributed by atoms with Crippen molar-refractivity contribution < 1.29 is 13.2 Å². The number of benzene rings is 1. The van der Waals surface area contributed by atoms with Crippen LogP contribution >= 0.6 is 0 Å². The van der Waals surface area contributed by atoms with Crippen LogP contribution in [0.1, 0.15) is 22.3 Å². The zero-order valence-electron chi connectivity index (χ0n) is 12.4. The standard InChI is InChI=1S/C16H18N2O3S/c1-11-4-5-14(15-13(11)3-2-7-17-15)16(19)18-8-6-12-9-22(20,21)10-12/h2-5,7,12H,6,8-10H2,1H3,(H,18,19). The van der Waals surface area contributed by atoms with E-state index in [1.807, 2.05) is 25.1 Å². The van der Waals surface area contributed by atoms with Gasteiger partial charge in [0.25, 0.3) is 5.91 Å². The quantitative estimate of drug-likeness (QED) is 0.931. The SMILES string of the molecule is Cc1ccc(C(=O)NCCC2CS(=O)(=O)C2)c2ncccc12.